The van der Waals surface area contributed by atoms with E-state index in [1.807, 2.05) is 30.3 Å². The third-order valence-corrected chi connectivity index (χ3v) is 3.37. The fourth-order valence-electron chi connectivity index (χ4n) is 2.30. The molecule has 0 fully saturated rings. The van der Waals surface area contributed by atoms with Gasteiger partial charge in [0.05, 0.1) is 12.7 Å². The van der Waals surface area contributed by atoms with Gasteiger partial charge in [0.2, 0.25) is 0 Å². The van der Waals surface area contributed by atoms with E-state index in [-0.39, 0.29) is 5.97 Å². The van der Waals surface area contributed by atoms with Crippen LogP contribution in [0.4, 0.5) is 0 Å². The topological polar surface area (TPSA) is 26.3 Å². The van der Waals surface area contributed by atoms with Gasteiger partial charge in [-0.05, 0) is 46.5 Å². The third kappa shape index (κ3) is 2.28. The fraction of sp³-hybridized carbons (Fsp3) is 0.0556. The molecule has 2 nitrogen and oxygen atoms in total. The number of benzene rings is 1. The van der Waals surface area contributed by atoms with Crippen molar-refractivity contribution in [3.8, 4) is 22.3 Å². The maximum atomic E-state index is 11.5. The molecule has 0 amide bonds. The molecule has 0 aliphatic heterocycles. The Hall–Kier alpha value is -2.61. The first-order valence-electron chi connectivity index (χ1n) is 6.45. The Morgan fingerprint density at radius 3 is 1.90 bits per heavy atom. The second-order valence-electron chi connectivity index (χ2n) is 4.63. The molecule has 1 aromatic rings. The summed E-state index contributed by atoms with van der Waals surface area (Å²) in [4.78, 5) is 11.5. The summed E-state index contributed by atoms with van der Waals surface area (Å²) in [7, 11) is 1.39. The van der Waals surface area contributed by atoms with Crippen molar-refractivity contribution < 1.29 is 9.53 Å². The number of ether oxygens (including phenoxy) is 1. The summed E-state index contributed by atoms with van der Waals surface area (Å²) >= 11 is 0. The molecule has 98 valence electrons. The molecule has 0 saturated heterocycles. The van der Waals surface area contributed by atoms with Gasteiger partial charge < -0.3 is 4.74 Å². The van der Waals surface area contributed by atoms with Crippen LogP contribution < -0.4 is 0 Å². The standard InChI is InChI=1S/C18H14O2/c1-20-18(19)14-7-9-15-11-17(12-16(15)10-8-14)13-5-3-2-4-6-13/h2-12H,1H3. The lowest BCUT2D eigenvalue weighted by Crippen LogP contribution is -1.98. The van der Waals surface area contributed by atoms with E-state index in [1.165, 1.54) is 18.2 Å². The van der Waals surface area contributed by atoms with Gasteiger partial charge in [-0.25, -0.2) is 4.79 Å². The minimum Gasteiger partial charge on any atom is -0.465 e. The smallest absolute Gasteiger partial charge is 0.337 e. The lowest BCUT2D eigenvalue weighted by molar-refractivity contribution is 0.0601. The largest absolute Gasteiger partial charge is 0.465 e. The van der Waals surface area contributed by atoms with E-state index in [0.29, 0.717) is 5.56 Å². The van der Waals surface area contributed by atoms with Crippen molar-refractivity contribution in [1.29, 1.82) is 0 Å². The number of methoxy groups -OCH3 is 1. The molecule has 0 bridgehead atoms. The molecule has 2 aliphatic carbocycles. The molecule has 1 aromatic carbocycles. The van der Waals surface area contributed by atoms with Crippen molar-refractivity contribution in [2.45, 2.75) is 0 Å². The lowest BCUT2D eigenvalue weighted by atomic mass is 10.1. The summed E-state index contributed by atoms with van der Waals surface area (Å²) in [5.74, 6) is -0.314. The second kappa shape index (κ2) is 5.17. The minimum absolute atomic E-state index is 0.314. The number of rotatable bonds is 2. The molecule has 0 N–H and O–H groups in total. The minimum atomic E-state index is -0.314. The van der Waals surface area contributed by atoms with Crippen LogP contribution in [-0.4, -0.2) is 13.1 Å². The summed E-state index contributed by atoms with van der Waals surface area (Å²) < 4.78 is 4.74. The van der Waals surface area contributed by atoms with Gasteiger partial charge in [-0.1, -0.05) is 42.5 Å². The summed E-state index contributed by atoms with van der Waals surface area (Å²) in [6, 6.07) is 22.0. The number of hydrogen-bond acceptors (Lipinski definition) is 2. The molecule has 0 saturated carbocycles. The maximum absolute atomic E-state index is 11.5. The third-order valence-electron chi connectivity index (χ3n) is 3.37. The van der Waals surface area contributed by atoms with Crippen LogP contribution in [0.2, 0.25) is 0 Å². The van der Waals surface area contributed by atoms with E-state index >= 15 is 0 Å². The Balaban J connectivity index is 2.06. The Morgan fingerprint density at radius 2 is 1.35 bits per heavy atom. The van der Waals surface area contributed by atoms with Crippen LogP contribution in [0.3, 0.4) is 0 Å². The number of carbonyl (C=O) groups excluding carboxylic acids is 1. The molecule has 0 radical (unpaired) electrons. The summed E-state index contributed by atoms with van der Waals surface area (Å²) in [5.41, 5.74) is 5.16. The van der Waals surface area contributed by atoms with Crippen LogP contribution in [0.1, 0.15) is 10.4 Å². The zero-order valence-electron chi connectivity index (χ0n) is 11.2. The summed E-state index contributed by atoms with van der Waals surface area (Å²) in [6.07, 6.45) is 0. The van der Waals surface area contributed by atoms with Gasteiger partial charge in [-0.3, -0.25) is 0 Å². The Kier molecular flexibility index (Phi) is 3.21. The zero-order valence-corrected chi connectivity index (χ0v) is 11.2. The van der Waals surface area contributed by atoms with Crippen molar-refractivity contribution in [3.05, 3.63) is 72.3 Å². The molecule has 3 rings (SSSR count). The molecule has 0 unspecified atom stereocenters. The lowest BCUT2D eigenvalue weighted by Gasteiger charge is -1.95. The maximum Gasteiger partial charge on any atom is 0.337 e. The highest BCUT2D eigenvalue weighted by molar-refractivity contribution is 5.90. The first kappa shape index (κ1) is 12.4. The normalized spacial score (nSPS) is 10.4. The molecule has 0 heterocycles. The van der Waals surface area contributed by atoms with Crippen LogP contribution >= 0.6 is 0 Å². The Labute approximate surface area is 118 Å². The van der Waals surface area contributed by atoms with Crippen molar-refractivity contribution in [1.82, 2.24) is 0 Å². The number of hydrogen-bond donors (Lipinski definition) is 0. The second-order valence-corrected chi connectivity index (χ2v) is 4.63. The van der Waals surface area contributed by atoms with Crippen LogP contribution in [0.25, 0.3) is 22.3 Å². The van der Waals surface area contributed by atoms with Gasteiger partial charge >= 0.3 is 5.97 Å². The average molecular weight is 262 g/mol. The van der Waals surface area contributed by atoms with Crippen LogP contribution in [0.5, 0.6) is 0 Å². The average Bonchev–Trinajstić information content (AvgIpc) is 2.81. The fourth-order valence-corrected chi connectivity index (χ4v) is 2.30. The van der Waals surface area contributed by atoms with E-state index in [1.54, 1.807) is 12.1 Å². The first-order valence-corrected chi connectivity index (χ1v) is 6.45. The van der Waals surface area contributed by atoms with Crippen LogP contribution in [-0.2, 0) is 4.74 Å². The molecule has 2 heteroatoms. The van der Waals surface area contributed by atoms with Crippen LogP contribution in [0, 0.1) is 0 Å². The summed E-state index contributed by atoms with van der Waals surface area (Å²) in [5, 5.41) is 0. The zero-order chi connectivity index (χ0) is 13.9. The first-order chi connectivity index (χ1) is 9.78. The van der Waals surface area contributed by atoms with Gasteiger partial charge in [-0.2, -0.15) is 0 Å². The predicted octanol–water partition coefficient (Wildman–Crippen LogP) is 4.25. The van der Waals surface area contributed by atoms with E-state index in [2.05, 4.69) is 24.3 Å². The number of esters is 1. The monoisotopic (exact) mass is 262 g/mol. The SMILES string of the molecule is COC(=O)c1ccc2cc(-c3ccccc3)cc-2cc1. The van der Waals surface area contributed by atoms with Gasteiger partial charge in [0.1, 0.15) is 0 Å². The van der Waals surface area contributed by atoms with E-state index in [4.69, 9.17) is 4.74 Å². The van der Waals surface area contributed by atoms with Gasteiger partial charge in [-0.15, -0.1) is 0 Å². The molecule has 0 atom stereocenters. The van der Waals surface area contributed by atoms with Crippen LogP contribution in [0.15, 0.2) is 66.7 Å². The predicted molar refractivity (Wildman–Crippen MR) is 79.8 cm³/mol. The highest BCUT2D eigenvalue weighted by Gasteiger charge is 2.09. The van der Waals surface area contributed by atoms with Crippen molar-refractivity contribution in [3.63, 3.8) is 0 Å². The quantitative estimate of drug-likeness (QED) is 0.645. The summed E-state index contributed by atoms with van der Waals surface area (Å²) in [6.45, 7) is 0. The van der Waals surface area contributed by atoms with E-state index < -0.39 is 0 Å². The van der Waals surface area contributed by atoms with Gasteiger partial charge in [0.25, 0.3) is 0 Å². The van der Waals surface area contributed by atoms with Crippen molar-refractivity contribution >= 4 is 5.97 Å². The molecule has 2 aliphatic rings. The number of carbonyl (C=O) groups is 1. The van der Waals surface area contributed by atoms with Gasteiger partial charge in [0.15, 0.2) is 0 Å². The van der Waals surface area contributed by atoms with Gasteiger partial charge in [0, 0.05) is 0 Å². The Bertz CT molecular complexity index is 683. The van der Waals surface area contributed by atoms with Crippen molar-refractivity contribution in [2.75, 3.05) is 7.11 Å². The highest BCUT2D eigenvalue weighted by atomic mass is 16.5. The molecule has 20 heavy (non-hydrogen) atoms. The molecule has 0 spiro atoms. The molecular formula is C18H14O2. The highest BCUT2D eigenvalue weighted by Crippen LogP contribution is 2.31. The number of fused-ring (bicyclic) bond motifs is 1. The molecule has 0 aromatic heterocycles. The van der Waals surface area contributed by atoms with E-state index in [9.17, 15) is 4.79 Å². The van der Waals surface area contributed by atoms with E-state index in [0.717, 1.165) is 11.1 Å². The Morgan fingerprint density at radius 1 is 0.750 bits per heavy atom. The van der Waals surface area contributed by atoms with Crippen molar-refractivity contribution in [2.24, 2.45) is 0 Å². The molecular weight excluding hydrogens is 248 g/mol.